The van der Waals surface area contributed by atoms with Crippen LogP contribution in [0.2, 0.25) is 0 Å². The monoisotopic (exact) mass is 497 g/mol. The maximum Gasteiger partial charge on any atom is 0.237 e. The number of imidazole rings is 1. The number of amides is 2. The summed E-state index contributed by atoms with van der Waals surface area (Å²) in [6.07, 6.45) is 8.10. The molecule has 3 N–H and O–H groups in total. The molecule has 1 saturated heterocycles. The molecule has 5 rings (SSSR count). The number of allylic oxidation sites excluding steroid dienone is 2. The number of ether oxygens (including phenoxy) is 1. The number of hydrogen-bond acceptors (Lipinski definition) is 6. The third-order valence-corrected chi connectivity index (χ3v) is 6.90. The number of hydrogen-bond donors (Lipinski definition) is 2. The second kappa shape index (κ2) is 9.56. The number of anilines is 1. The Morgan fingerprint density at radius 2 is 2.19 bits per heavy atom. The first-order valence-electron chi connectivity index (χ1n) is 12.1. The van der Waals surface area contributed by atoms with Gasteiger partial charge in [0.1, 0.15) is 29.6 Å². The number of nitriles is 1. The fourth-order valence-electron chi connectivity index (χ4n) is 4.97. The third kappa shape index (κ3) is 4.59. The fourth-order valence-corrected chi connectivity index (χ4v) is 4.97. The van der Waals surface area contributed by atoms with Gasteiger partial charge in [0.2, 0.25) is 11.8 Å². The highest BCUT2D eigenvalue weighted by molar-refractivity contribution is 6.05. The summed E-state index contributed by atoms with van der Waals surface area (Å²) in [4.78, 5) is 29.7. The second-order valence-corrected chi connectivity index (χ2v) is 9.48. The molecule has 9 nitrogen and oxygen atoms in total. The summed E-state index contributed by atoms with van der Waals surface area (Å²) in [5, 5.41) is 23.1. The van der Waals surface area contributed by atoms with Crippen LogP contribution in [0.25, 0.3) is 10.8 Å². The number of nitrogens with zero attached hydrogens (tertiary/aromatic N) is 4. The first kappa shape index (κ1) is 24.3. The lowest BCUT2D eigenvalue weighted by molar-refractivity contribution is -0.119. The average Bonchev–Trinajstić information content (AvgIpc) is 3.52. The smallest absolute Gasteiger partial charge is 0.237 e. The molecule has 2 amide bonds. The van der Waals surface area contributed by atoms with Crippen molar-refractivity contribution in [1.29, 1.82) is 5.26 Å². The van der Waals surface area contributed by atoms with Crippen LogP contribution in [0.5, 0.6) is 5.75 Å². The predicted molar refractivity (Wildman–Crippen MR) is 137 cm³/mol. The molecule has 0 saturated carbocycles. The highest BCUT2D eigenvalue weighted by Crippen LogP contribution is 2.38. The molecule has 1 aromatic heterocycles. The number of nitrogens with two attached hydrogens (primary N) is 1. The van der Waals surface area contributed by atoms with Gasteiger partial charge in [0.05, 0.1) is 30.0 Å². The van der Waals surface area contributed by atoms with Crippen LogP contribution in [0.1, 0.15) is 31.9 Å². The van der Waals surface area contributed by atoms with Crippen LogP contribution in [-0.4, -0.2) is 33.0 Å². The summed E-state index contributed by atoms with van der Waals surface area (Å²) >= 11 is 0. The molecular weight excluding hydrogens is 470 g/mol. The Balaban J connectivity index is 1.48. The maximum absolute atomic E-state index is 12.4. The molecule has 2 atom stereocenters. The van der Waals surface area contributed by atoms with Crippen molar-refractivity contribution in [2.24, 2.45) is 11.7 Å². The van der Waals surface area contributed by atoms with E-state index in [1.807, 2.05) is 36.4 Å². The lowest BCUT2D eigenvalue weighted by Gasteiger charge is -2.29. The third-order valence-electron chi connectivity index (χ3n) is 6.90. The minimum Gasteiger partial charge on any atom is -0.460 e. The molecule has 2 aliphatic rings. The number of primary amides is 1. The van der Waals surface area contributed by atoms with Gasteiger partial charge in [0, 0.05) is 18.4 Å². The molecule has 2 heterocycles. The number of aliphatic hydroxyl groups is 1. The van der Waals surface area contributed by atoms with Crippen LogP contribution in [0.15, 0.2) is 72.4 Å². The van der Waals surface area contributed by atoms with E-state index in [-0.39, 0.29) is 12.5 Å². The second-order valence-electron chi connectivity index (χ2n) is 9.48. The largest absolute Gasteiger partial charge is 0.460 e. The van der Waals surface area contributed by atoms with Gasteiger partial charge in [-0.05, 0) is 55.0 Å². The SMILES string of the molecule is CC(O)(C1=CCC(C#N)C(Oc2ccc3cccc(N4CCCC4=O)c3c2)=C1)c1cncn1CC(N)=O. The molecule has 1 fully saturated rings. The van der Waals surface area contributed by atoms with Gasteiger partial charge in [-0.2, -0.15) is 5.26 Å². The van der Waals surface area contributed by atoms with Crippen LogP contribution < -0.4 is 15.4 Å². The van der Waals surface area contributed by atoms with E-state index in [4.69, 9.17) is 10.5 Å². The standard InChI is InChI=1S/C28H27N5O4/c1-28(36,25-15-31-17-32(25)16-26(30)34)20-9-7-19(14-29)24(12-20)37-21-10-8-18-4-2-5-23(22(18)13-21)33-11-3-6-27(33)35/h2,4-5,8-10,12-13,15,17,19,36H,3,6-7,11,16H2,1H3,(H2,30,34). The molecule has 188 valence electrons. The Labute approximate surface area is 214 Å². The van der Waals surface area contributed by atoms with Crippen molar-refractivity contribution in [3.8, 4) is 11.8 Å². The first-order chi connectivity index (χ1) is 17.8. The molecule has 2 unspecified atom stereocenters. The first-order valence-corrected chi connectivity index (χ1v) is 12.1. The van der Waals surface area contributed by atoms with Gasteiger partial charge in [-0.15, -0.1) is 0 Å². The number of benzene rings is 2. The Kier molecular flexibility index (Phi) is 6.27. The summed E-state index contributed by atoms with van der Waals surface area (Å²) in [5.74, 6) is -0.0664. The van der Waals surface area contributed by atoms with Crippen molar-refractivity contribution >= 4 is 28.3 Å². The summed E-state index contributed by atoms with van der Waals surface area (Å²) in [6.45, 7) is 2.16. The highest BCUT2D eigenvalue weighted by Gasteiger charge is 2.34. The van der Waals surface area contributed by atoms with E-state index in [2.05, 4.69) is 11.1 Å². The van der Waals surface area contributed by atoms with Gasteiger partial charge < -0.3 is 25.0 Å². The van der Waals surface area contributed by atoms with Crippen LogP contribution in [0, 0.1) is 17.2 Å². The van der Waals surface area contributed by atoms with E-state index < -0.39 is 17.4 Å². The topological polar surface area (TPSA) is 134 Å². The predicted octanol–water partition coefficient (Wildman–Crippen LogP) is 3.29. The zero-order valence-electron chi connectivity index (χ0n) is 20.4. The van der Waals surface area contributed by atoms with Gasteiger partial charge in [-0.3, -0.25) is 9.59 Å². The molecule has 0 bridgehead atoms. The molecule has 1 aliphatic heterocycles. The number of carbonyl (C=O) groups is 2. The normalized spacial score (nSPS) is 19.2. The van der Waals surface area contributed by atoms with Gasteiger partial charge >= 0.3 is 0 Å². The maximum atomic E-state index is 12.4. The zero-order chi connectivity index (χ0) is 26.2. The Bertz CT molecular complexity index is 1490. The van der Waals surface area contributed by atoms with Gasteiger partial charge in [0.15, 0.2) is 0 Å². The molecule has 0 spiro atoms. The molecule has 0 radical (unpaired) electrons. The van der Waals surface area contributed by atoms with Gasteiger partial charge in [-0.25, -0.2) is 4.98 Å². The highest BCUT2D eigenvalue weighted by atomic mass is 16.5. The van der Waals surface area contributed by atoms with Crippen molar-refractivity contribution in [2.45, 2.75) is 38.3 Å². The van der Waals surface area contributed by atoms with Crippen molar-refractivity contribution in [1.82, 2.24) is 9.55 Å². The molecule has 37 heavy (non-hydrogen) atoms. The van der Waals surface area contributed by atoms with Crippen LogP contribution in [0.4, 0.5) is 5.69 Å². The minimum atomic E-state index is -1.51. The molecular formula is C28H27N5O4. The fraction of sp³-hybridized carbons (Fsp3) is 0.286. The van der Waals surface area contributed by atoms with Crippen molar-refractivity contribution in [3.05, 3.63) is 78.1 Å². The summed E-state index contributed by atoms with van der Waals surface area (Å²) < 4.78 is 7.73. The van der Waals surface area contributed by atoms with Gasteiger partial charge in [0.25, 0.3) is 0 Å². The number of carbonyl (C=O) groups excluding carboxylic acids is 2. The van der Waals surface area contributed by atoms with Crippen molar-refractivity contribution in [2.75, 3.05) is 11.4 Å². The minimum absolute atomic E-state index is 0.103. The van der Waals surface area contributed by atoms with Crippen molar-refractivity contribution in [3.63, 3.8) is 0 Å². The lowest BCUT2D eigenvalue weighted by Crippen LogP contribution is -2.31. The van der Waals surface area contributed by atoms with Crippen molar-refractivity contribution < 1.29 is 19.4 Å². The summed E-state index contributed by atoms with van der Waals surface area (Å²) in [6, 6.07) is 13.7. The Hall–Kier alpha value is -4.42. The van der Waals surface area contributed by atoms with Crippen LogP contribution in [-0.2, 0) is 21.7 Å². The zero-order valence-corrected chi connectivity index (χ0v) is 20.4. The van der Waals surface area contributed by atoms with E-state index in [1.54, 1.807) is 24.0 Å². The van der Waals surface area contributed by atoms with E-state index in [0.29, 0.717) is 42.2 Å². The van der Waals surface area contributed by atoms with E-state index in [0.717, 1.165) is 22.9 Å². The van der Waals surface area contributed by atoms with Crippen LogP contribution in [0.3, 0.4) is 0 Å². The van der Waals surface area contributed by atoms with E-state index >= 15 is 0 Å². The lowest BCUT2D eigenvalue weighted by atomic mass is 9.85. The number of fused-ring (bicyclic) bond motifs is 1. The molecule has 3 aromatic rings. The van der Waals surface area contributed by atoms with E-state index in [9.17, 15) is 20.0 Å². The molecule has 9 heteroatoms. The van der Waals surface area contributed by atoms with E-state index in [1.165, 1.54) is 17.1 Å². The quantitative estimate of drug-likeness (QED) is 0.514. The Morgan fingerprint density at radius 1 is 1.35 bits per heavy atom. The molecule has 1 aliphatic carbocycles. The van der Waals surface area contributed by atoms with Gasteiger partial charge in [-0.1, -0.05) is 24.3 Å². The summed E-state index contributed by atoms with van der Waals surface area (Å²) in [5.41, 5.74) is 5.59. The summed E-state index contributed by atoms with van der Waals surface area (Å²) in [7, 11) is 0. The number of aromatic nitrogens is 2. The Morgan fingerprint density at radius 3 is 2.92 bits per heavy atom. The van der Waals surface area contributed by atoms with Crippen LogP contribution >= 0.6 is 0 Å². The average molecular weight is 498 g/mol. The number of rotatable bonds is 7. The molecule has 2 aromatic carbocycles.